The Kier molecular flexibility index (Phi) is 16.8. The van der Waals surface area contributed by atoms with Gasteiger partial charge in [-0.15, -0.1) is 11.8 Å². The average Bonchev–Trinajstić information content (AvgIpc) is 3.88. The minimum Gasteiger partial charge on any atom is -0.497 e. The maximum absolute atomic E-state index is 14.6. The number of amides is 3. The van der Waals surface area contributed by atoms with Gasteiger partial charge < -0.3 is 29.3 Å². The van der Waals surface area contributed by atoms with Crippen LogP contribution in [0.15, 0.2) is 29.3 Å². The molecule has 3 aliphatic heterocycles. The molecule has 0 saturated carbocycles. The number of cyclic esters (lactones) is 1. The molecule has 324 valence electrons. The second-order valence-electron chi connectivity index (χ2n) is 18.3. The molecule has 1 N–H and O–H groups in total. The number of carbonyl (C=O) groups is 5. The molecular formula is C45H70N4O8S. The van der Waals surface area contributed by atoms with E-state index in [1.807, 2.05) is 65.8 Å². The Morgan fingerprint density at radius 1 is 0.966 bits per heavy atom. The number of aliphatic hydroxyl groups excluding tert-OH is 1. The van der Waals surface area contributed by atoms with Gasteiger partial charge in [0.05, 0.1) is 24.3 Å². The topological polar surface area (TPSA) is 146 Å². The van der Waals surface area contributed by atoms with Crippen LogP contribution in [0.4, 0.5) is 0 Å². The summed E-state index contributed by atoms with van der Waals surface area (Å²) in [5, 5.41) is 12.3. The molecule has 0 aliphatic carbocycles. The van der Waals surface area contributed by atoms with E-state index in [9.17, 15) is 29.1 Å². The van der Waals surface area contributed by atoms with E-state index in [0.29, 0.717) is 57.2 Å². The zero-order valence-electron chi connectivity index (χ0n) is 36.9. The van der Waals surface area contributed by atoms with Crippen molar-refractivity contribution < 1.29 is 38.6 Å². The standard InChI is InChI=1S/C45H70N4O8S/c1-12-28(3)39-43(54)49-21-13-14-36(49)44(55)57-38(45(6,7)8)23-27(2)22-37(51)29(4)40-46-33(26-58-40)17-18-34(50)25-32(24-31-15-19-35(56-11)20-16-31)42(53)47(9)30(5)41(52)48(39)10/h15-16,19-20,27-30,32-33,36-39,51H,12-14,17-18,21-26H2,1-11H3/t27-,28-,29+,30-,32+,33-,36-,37-,38-,39-/m0/s1. The van der Waals surface area contributed by atoms with Crippen molar-refractivity contribution in [3.63, 3.8) is 0 Å². The minimum atomic E-state index is -0.936. The van der Waals surface area contributed by atoms with Crippen molar-refractivity contribution >= 4 is 46.3 Å². The summed E-state index contributed by atoms with van der Waals surface area (Å²) in [7, 11) is 4.76. The first-order valence-electron chi connectivity index (χ1n) is 21.3. The van der Waals surface area contributed by atoms with Gasteiger partial charge in [0.2, 0.25) is 17.7 Å². The Morgan fingerprint density at radius 3 is 2.26 bits per heavy atom. The first-order chi connectivity index (χ1) is 27.3. The fraction of sp³-hybridized carbons (Fsp3) is 0.733. The van der Waals surface area contributed by atoms with E-state index in [1.54, 1.807) is 44.8 Å². The van der Waals surface area contributed by atoms with Crippen LogP contribution in [0, 0.1) is 29.1 Å². The number of methoxy groups -OCH3 is 1. The highest BCUT2D eigenvalue weighted by molar-refractivity contribution is 8.14. The lowest BCUT2D eigenvalue weighted by molar-refractivity contribution is -0.166. The molecule has 3 heterocycles. The highest BCUT2D eigenvalue weighted by Gasteiger charge is 2.44. The number of benzene rings is 1. The summed E-state index contributed by atoms with van der Waals surface area (Å²) < 4.78 is 11.6. The minimum absolute atomic E-state index is 0.00534. The fourth-order valence-corrected chi connectivity index (χ4v) is 9.65. The number of ether oxygens (including phenoxy) is 2. The molecule has 1 aromatic carbocycles. The van der Waals surface area contributed by atoms with Crippen LogP contribution in [0.2, 0.25) is 0 Å². The van der Waals surface area contributed by atoms with Crippen LogP contribution in [-0.4, -0.2) is 124 Å². The van der Waals surface area contributed by atoms with Gasteiger partial charge in [-0.3, -0.25) is 24.2 Å². The second-order valence-corrected chi connectivity index (χ2v) is 19.3. The lowest BCUT2D eigenvalue weighted by atomic mass is 9.81. The number of Topliss-reactive ketones (excluding diaryl/α,β-unsaturated/α-hetero) is 1. The Hall–Kier alpha value is -3.45. The molecule has 12 nitrogen and oxygen atoms in total. The summed E-state index contributed by atoms with van der Waals surface area (Å²) in [6.45, 7) is 16.0. The number of aliphatic imine (C=N–C) groups is 1. The largest absolute Gasteiger partial charge is 0.497 e. The molecule has 1 fully saturated rings. The van der Waals surface area contributed by atoms with E-state index in [-0.39, 0.29) is 54.2 Å². The molecule has 0 spiro atoms. The number of nitrogens with zero attached hydrogens (tertiary/aromatic N) is 4. The Labute approximate surface area is 351 Å². The van der Waals surface area contributed by atoms with E-state index in [1.165, 1.54) is 9.80 Å². The molecule has 13 heteroatoms. The number of thioether (sulfide) groups is 1. The molecule has 10 atom stereocenters. The normalized spacial score (nSPS) is 31.3. The van der Waals surface area contributed by atoms with E-state index in [4.69, 9.17) is 14.5 Å². The van der Waals surface area contributed by atoms with E-state index >= 15 is 0 Å². The predicted octanol–water partition coefficient (Wildman–Crippen LogP) is 6.20. The quantitative estimate of drug-likeness (QED) is 0.343. The molecule has 4 rings (SSSR count). The number of esters is 1. The molecule has 1 aromatic rings. The van der Waals surface area contributed by atoms with Gasteiger partial charge in [-0.1, -0.05) is 67.0 Å². The molecule has 3 amide bonds. The third-order valence-electron chi connectivity index (χ3n) is 12.7. The molecule has 3 aliphatic rings. The van der Waals surface area contributed by atoms with Crippen LogP contribution in [0.3, 0.4) is 0 Å². The SMILES string of the molecule is CC[C@H](C)[C@H]1C(=O)N2CCC[C@H]2C(=O)O[C@H](C(C)(C)C)C[C@@H](C)C[C@H](O)[C@@H](C)C2=N[C@@H](CCC(=O)C[C@@H](Cc3ccc(OC)cc3)C(=O)N(C)[C@@H](C)C(=O)N1C)CS2. The average molecular weight is 827 g/mol. The number of hydrogen-bond acceptors (Lipinski definition) is 10. The molecule has 1 saturated heterocycles. The maximum atomic E-state index is 14.6. The number of likely N-dealkylation sites (N-methyl/N-ethyl adjacent to an activating group) is 2. The predicted molar refractivity (Wildman–Crippen MR) is 229 cm³/mol. The summed E-state index contributed by atoms with van der Waals surface area (Å²) in [4.78, 5) is 80.3. The Bertz CT molecular complexity index is 1630. The zero-order valence-corrected chi connectivity index (χ0v) is 37.7. The van der Waals surface area contributed by atoms with Crippen molar-refractivity contribution in [3.8, 4) is 5.75 Å². The van der Waals surface area contributed by atoms with Gasteiger partial charge in [0.15, 0.2) is 0 Å². The smallest absolute Gasteiger partial charge is 0.329 e. The molecule has 0 radical (unpaired) electrons. The van der Waals surface area contributed by atoms with E-state index in [2.05, 4.69) is 6.92 Å². The number of ketones is 1. The van der Waals surface area contributed by atoms with Crippen LogP contribution in [-0.2, 0) is 35.1 Å². The number of hydrogen-bond donors (Lipinski definition) is 1. The van der Waals surface area contributed by atoms with Crippen molar-refractivity contribution in [1.29, 1.82) is 0 Å². The fourth-order valence-electron chi connectivity index (χ4n) is 8.41. The van der Waals surface area contributed by atoms with Crippen molar-refractivity contribution in [2.45, 2.75) is 150 Å². The van der Waals surface area contributed by atoms with Crippen LogP contribution in [0.1, 0.15) is 112 Å². The molecule has 58 heavy (non-hydrogen) atoms. The van der Waals surface area contributed by atoms with Crippen LogP contribution >= 0.6 is 11.8 Å². The maximum Gasteiger partial charge on any atom is 0.329 e. The number of rotatable bonds is 5. The Morgan fingerprint density at radius 2 is 1.64 bits per heavy atom. The lowest BCUT2D eigenvalue weighted by Crippen LogP contribution is -2.58. The third kappa shape index (κ3) is 11.9. The van der Waals surface area contributed by atoms with Gasteiger partial charge in [-0.05, 0) is 80.4 Å². The van der Waals surface area contributed by atoms with Gasteiger partial charge in [0.25, 0.3) is 0 Å². The van der Waals surface area contributed by atoms with Crippen LogP contribution in [0.25, 0.3) is 0 Å². The van der Waals surface area contributed by atoms with Gasteiger partial charge in [-0.2, -0.15) is 0 Å². The summed E-state index contributed by atoms with van der Waals surface area (Å²) in [6.07, 6.45) is 2.71. The van der Waals surface area contributed by atoms with E-state index < -0.39 is 53.5 Å². The van der Waals surface area contributed by atoms with Crippen molar-refractivity contribution in [2.75, 3.05) is 33.5 Å². The molecule has 2 bridgehead atoms. The van der Waals surface area contributed by atoms with E-state index in [0.717, 1.165) is 16.4 Å². The molecular weight excluding hydrogens is 757 g/mol. The number of aliphatic hydroxyl groups is 1. The molecule has 0 unspecified atom stereocenters. The van der Waals surface area contributed by atoms with Crippen molar-refractivity contribution in [3.05, 3.63) is 29.8 Å². The number of fused-ring (bicyclic) bond motifs is 2. The zero-order chi connectivity index (χ0) is 43.1. The first kappa shape index (κ1) is 47.2. The lowest BCUT2D eigenvalue weighted by Gasteiger charge is -2.39. The van der Waals surface area contributed by atoms with Gasteiger partial charge >= 0.3 is 5.97 Å². The molecule has 0 aromatic heterocycles. The monoisotopic (exact) mass is 826 g/mol. The van der Waals surface area contributed by atoms with Crippen molar-refractivity contribution in [1.82, 2.24) is 14.7 Å². The highest BCUT2D eigenvalue weighted by atomic mass is 32.2. The highest BCUT2D eigenvalue weighted by Crippen LogP contribution is 2.34. The first-order valence-corrected chi connectivity index (χ1v) is 22.3. The summed E-state index contributed by atoms with van der Waals surface area (Å²) in [5.41, 5.74) is 0.464. The number of carbonyl (C=O) groups excluding carboxylic acids is 5. The summed E-state index contributed by atoms with van der Waals surface area (Å²) in [5.74, 6) is -1.30. The van der Waals surface area contributed by atoms with Gasteiger partial charge in [0, 0.05) is 51.1 Å². The third-order valence-corrected chi connectivity index (χ3v) is 14.0. The van der Waals surface area contributed by atoms with Gasteiger partial charge in [-0.25, -0.2) is 4.79 Å². The van der Waals surface area contributed by atoms with Crippen molar-refractivity contribution in [2.24, 2.45) is 34.1 Å². The second kappa shape index (κ2) is 20.7. The van der Waals surface area contributed by atoms with Crippen LogP contribution < -0.4 is 4.74 Å². The summed E-state index contributed by atoms with van der Waals surface area (Å²) in [6, 6.07) is 4.73. The Balaban J connectivity index is 1.69. The van der Waals surface area contributed by atoms with Crippen LogP contribution in [0.5, 0.6) is 5.75 Å². The van der Waals surface area contributed by atoms with Gasteiger partial charge in [0.1, 0.15) is 35.8 Å². The summed E-state index contributed by atoms with van der Waals surface area (Å²) >= 11 is 1.62.